The molecule has 0 saturated heterocycles. The zero-order chi connectivity index (χ0) is 9.31. The molecule has 13 heavy (non-hydrogen) atoms. The van der Waals surface area contributed by atoms with Crippen LogP contribution in [0.5, 0.6) is 0 Å². The molecule has 72 valence electrons. The van der Waals surface area contributed by atoms with Gasteiger partial charge in [0, 0.05) is 19.5 Å². The molecule has 3 nitrogen and oxygen atoms in total. The van der Waals surface area contributed by atoms with Crippen molar-refractivity contribution in [1.82, 2.24) is 9.55 Å². The first-order valence-corrected chi connectivity index (χ1v) is 4.94. The molecule has 0 aliphatic heterocycles. The predicted octanol–water partition coefficient (Wildman–Crippen LogP) is 1.80. The highest BCUT2D eigenvalue weighted by molar-refractivity contribution is 6.16. The second-order valence-corrected chi connectivity index (χ2v) is 3.76. The number of hydrogen-bond acceptors (Lipinski definition) is 2. The summed E-state index contributed by atoms with van der Waals surface area (Å²) in [5.41, 5.74) is 0.0709. The van der Waals surface area contributed by atoms with Crippen LogP contribution in [0.3, 0.4) is 0 Å². The fourth-order valence-electron chi connectivity index (χ4n) is 1.49. The van der Waals surface area contributed by atoms with Gasteiger partial charge in [0.1, 0.15) is 5.82 Å². The number of imidazole rings is 1. The maximum Gasteiger partial charge on any atom is 0.123 e. The minimum absolute atomic E-state index is 0.0709. The highest BCUT2D eigenvalue weighted by atomic mass is 35.5. The molecule has 0 amide bonds. The summed E-state index contributed by atoms with van der Waals surface area (Å²) in [7, 11) is 1.77. The molecule has 1 heterocycles. The van der Waals surface area contributed by atoms with Crippen molar-refractivity contribution in [3.05, 3.63) is 18.2 Å². The Morgan fingerprint density at radius 3 is 3.00 bits per heavy atom. The van der Waals surface area contributed by atoms with Crippen LogP contribution in [0.4, 0.5) is 0 Å². The molecule has 0 aromatic carbocycles. The zero-order valence-electron chi connectivity index (χ0n) is 7.66. The van der Waals surface area contributed by atoms with Gasteiger partial charge in [-0.25, -0.2) is 4.98 Å². The number of ether oxygens (including phenoxy) is 1. The number of rotatable bonds is 4. The number of halogens is 1. The molecular formula is C9H13ClN2O. The van der Waals surface area contributed by atoms with Crippen molar-refractivity contribution in [2.75, 3.05) is 7.11 Å². The maximum absolute atomic E-state index is 5.74. The Hall–Kier alpha value is -0.540. The highest BCUT2D eigenvalue weighted by Crippen LogP contribution is 2.40. The Morgan fingerprint density at radius 2 is 2.46 bits per heavy atom. The van der Waals surface area contributed by atoms with Crippen molar-refractivity contribution in [3.8, 4) is 0 Å². The first kappa shape index (κ1) is 9.03. The van der Waals surface area contributed by atoms with E-state index in [0.717, 1.165) is 25.2 Å². The van der Waals surface area contributed by atoms with Crippen LogP contribution >= 0.6 is 11.6 Å². The van der Waals surface area contributed by atoms with Crippen LogP contribution in [0.1, 0.15) is 18.7 Å². The van der Waals surface area contributed by atoms with E-state index in [2.05, 4.69) is 9.55 Å². The number of nitrogens with zero attached hydrogens (tertiary/aromatic N) is 2. The van der Waals surface area contributed by atoms with Crippen molar-refractivity contribution < 1.29 is 4.74 Å². The van der Waals surface area contributed by atoms with Crippen LogP contribution in [0, 0.1) is 0 Å². The lowest BCUT2D eigenvalue weighted by molar-refractivity contribution is 0.0645. The second kappa shape index (κ2) is 3.31. The molecule has 4 heteroatoms. The monoisotopic (exact) mass is 200 g/mol. The summed E-state index contributed by atoms with van der Waals surface area (Å²) in [5, 5.41) is 0. The number of aromatic nitrogens is 2. The SMILES string of the molecule is COC1(Cn2ccnc2CCl)CC1. The van der Waals surface area contributed by atoms with Gasteiger partial charge in [-0.3, -0.25) is 0 Å². The molecule has 1 fully saturated rings. The molecule has 2 rings (SSSR count). The minimum Gasteiger partial charge on any atom is -0.376 e. The Morgan fingerprint density at radius 1 is 1.69 bits per heavy atom. The predicted molar refractivity (Wildman–Crippen MR) is 50.8 cm³/mol. The lowest BCUT2D eigenvalue weighted by atomic mass is 10.3. The third-order valence-electron chi connectivity index (χ3n) is 2.62. The normalized spacial score (nSPS) is 18.9. The van der Waals surface area contributed by atoms with Crippen LogP contribution < -0.4 is 0 Å². The van der Waals surface area contributed by atoms with Gasteiger partial charge >= 0.3 is 0 Å². The first-order chi connectivity index (χ1) is 6.29. The molecule has 0 unspecified atom stereocenters. The summed E-state index contributed by atoms with van der Waals surface area (Å²) in [6.07, 6.45) is 6.02. The summed E-state index contributed by atoms with van der Waals surface area (Å²) in [4.78, 5) is 4.16. The average Bonchev–Trinajstić information content (AvgIpc) is 2.78. The van der Waals surface area contributed by atoms with E-state index in [1.54, 1.807) is 13.3 Å². The number of alkyl halides is 1. The Kier molecular flexibility index (Phi) is 2.30. The molecule has 0 atom stereocenters. The summed E-state index contributed by atoms with van der Waals surface area (Å²) >= 11 is 5.74. The van der Waals surface area contributed by atoms with E-state index in [1.165, 1.54) is 0 Å². The fourth-order valence-corrected chi connectivity index (χ4v) is 1.71. The molecule has 1 aliphatic carbocycles. The molecule has 1 saturated carbocycles. The van der Waals surface area contributed by atoms with Gasteiger partial charge in [-0.2, -0.15) is 0 Å². The van der Waals surface area contributed by atoms with E-state index in [9.17, 15) is 0 Å². The Labute approximate surface area is 82.7 Å². The average molecular weight is 201 g/mol. The molecule has 1 aromatic heterocycles. The lowest BCUT2D eigenvalue weighted by Gasteiger charge is -2.15. The van der Waals surface area contributed by atoms with Gasteiger partial charge in [0.15, 0.2) is 0 Å². The molecule has 1 aromatic rings. The molecule has 1 aliphatic rings. The van der Waals surface area contributed by atoms with E-state index in [4.69, 9.17) is 16.3 Å². The second-order valence-electron chi connectivity index (χ2n) is 3.49. The smallest absolute Gasteiger partial charge is 0.123 e. The third kappa shape index (κ3) is 1.71. The Balaban J connectivity index is 2.09. The standard InChI is InChI=1S/C9H13ClN2O/c1-13-9(2-3-9)7-12-5-4-11-8(12)6-10/h4-5H,2-3,6-7H2,1H3. The Bertz CT molecular complexity index is 294. The molecule has 0 radical (unpaired) electrons. The van der Waals surface area contributed by atoms with Gasteiger partial charge < -0.3 is 9.30 Å². The van der Waals surface area contributed by atoms with Crippen molar-refractivity contribution in [1.29, 1.82) is 0 Å². The van der Waals surface area contributed by atoms with E-state index >= 15 is 0 Å². The number of methoxy groups -OCH3 is 1. The summed E-state index contributed by atoms with van der Waals surface area (Å²) in [6.45, 7) is 0.881. The fraction of sp³-hybridized carbons (Fsp3) is 0.667. The molecule has 0 N–H and O–H groups in total. The van der Waals surface area contributed by atoms with E-state index in [0.29, 0.717) is 5.88 Å². The van der Waals surface area contributed by atoms with E-state index in [-0.39, 0.29) is 5.60 Å². The molecular weight excluding hydrogens is 188 g/mol. The van der Waals surface area contributed by atoms with E-state index < -0.39 is 0 Å². The largest absolute Gasteiger partial charge is 0.376 e. The van der Waals surface area contributed by atoms with Crippen LogP contribution in [-0.4, -0.2) is 22.3 Å². The van der Waals surface area contributed by atoms with Gasteiger partial charge in [-0.15, -0.1) is 11.6 Å². The summed E-state index contributed by atoms with van der Waals surface area (Å²) < 4.78 is 7.50. The molecule has 0 bridgehead atoms. The van der Waals surface area contributed by atoms with Gasteiger partial charge in [0.25, 0.3) is 0 Å². The van der Waals surface area contributed by atoms with Gasteiger partial charge in [0.05, 0.1) is 18.0 Å². The van der Waals surface area contributed by atoms with Crippen molar-refractivity contribution >= 4 is 11.6 Å². The third-order valence-corrected chi connectivity index (χ3v) is 2.86. The summed E-state index contributed by atoms with van der Waals surface area (Å²) in [6, 6.07) is 0. The molecule has 0 spiro atoms. The van der Waals surface area contributed by atoms with Gasteiger partial charge in [-0.1, -0.05) is 0 Å². The maximum atomic E-state index is 5.74. The topological polar surface area (TPSA) is 27.1 Å². The van der Waals surface area contributed by atoms with Crippen molar-refractivity contribution in [3.63, 3.8) is 0 Å². The summed E-state index contributed by atoms with van der Waals surface area (Å²) in [5.74, 6) is 1.39. The van der Waals surface area contributed by atoms with Crippen molar-refractivity contribution in [2.24, 2.45) is 0 Å². The van der Waals surface area contributed by atoms with E-state index in [1.807, 2.05) is 6.20 Å². The minimum atomic E-state index is 0.0709. The van der Waals surface area contributed by atoms with Crippen LogP contribution in [0.15, 0.2) is 12.4 Å². The quantitative estimate of drug-likeness (QED) is 0.694. The first-order valence-electron chi connectivity index (χ1n) is 4.41. The zero-order valence-corrected chi connectivity index (χ0v) is 8.42. The van der Waals surface area contributed by atoms with Crippen LogP contribution in [-0.2, 0) is 17.2 Å². The van der Waals surface area contributed by atoms with Crippen molar-refractivity contribution in [2.45, 2.75) is 30.9 Å². The highest BCUT2D eigenvalue weighted by Gasteiger charge is 2.43. The van der Waals surface area contributed by atoms with Crippen LogP contribution in [0.25, 0.3) is 0 Å². The van der Waals surface area contributed by atoms with Gasteiger partial charge in [0.2, 0.25) is 0 Å². The van der Waals surface area contributed by atoms with Crippen LogP contribution in [0.2, 0.25) is 0 Å². The van der Waals surface area contributed by atoms with Gasteiger partial charge in [-0.05, 0) is 12.8 Å². The number of hydrogen-bond donors (Lipinski definition) is 0. The lowest BCUT2D eigenvalue weighted by Crippen LogP contribution is -2.20.